The first-order valence-electron chi connectivity index (χ1n) is 13.4. The van der Waals surface area contributed by atoms with Gasteiger partial charge in [0.2, 0.25) is 0 Å². The molecule has 0 aromatic heterocycles. The van der Waals surface area contributed by atoms with E-state index in [2.05, 4.69) is 104 Å². The van der Waals surface area contributed by atoms with Gasteiger partial charge in [0.15, 0.2) is 0 Å². The van der Waals surface area contributed by atoms with Crippen molar-refractivity contribution in [1.82, 2.24) is 0 Å². The second-order valence-corrected chi connectivity index (χ2v) is 15.7. The van der Waals surface area contributed by atoms with Gasteiger partial charge in [0.1, 0.15) is 0 Å². The molecule has 4 aliphatic rings. The van der Waals surface area contributed by atoms with E-state index in [9.17, 15) is 0 Å². The Morgan fingerprint density at radius 3 is 2.30 bits per heavy atom. The van der Waals surface area contributed by atoms with Gasteiger partial charge in [0, 0.05) is 0 Å². The second-order valence-electron chi connectivity index (χ2n) is 11.2. The monoisotopic (exact) mass is 609 g/mol. The first-order valence-corrected chi connectivity index (χ1v) is 16.9. The maximum absolute atomic E-state index is 2.63. The van der Waals surface area contributed by atoms with Gasteiger partial charge in [-0.1, -0.05) is 0 Å². The van der Waals surface area contributed by atoms with E-state index in [0.717, 1.165) is 0 Å². The number of fused-ring (bicyclic) bond motifs is 5. The maximum atomic E-state index is 2.63. The molecule has 4 heteroatoms. The molecule has 1 nitrogen and oxygen atoms in total. The van der Waals surface area contributed by atoms with Crippen LogP contribution in [0.5, 0.6) is 0 Å². The molecule has 0 N–H and O–H groups in total. The molecule has 3 heterocycles. The standard InChI is InChI=1S/C33H28BNSe2/c1-33(2)22-10-3-6-13-26(22)35(27-14-7-4-11-23(27)33)21-18-19-25-31(20-21)37-30-17-9-16-29-32(30)34(25)24-12-5-8-15-28(24)36-29/h3,5-6,8-10,12-13,15-20H,4,7,11,14H2,1-2H3. The SMILES string of the molecule is CC1(C)C2=C(CCCC2)N(c2ccc3c(c2)[Se]c2cccc4c2B3c2ccccc2[Se]4)c2ccccc21. The summed E-state index contributed by atoms with van der Waals surface area (Å²) in [5, 5.41) is 0. The van der Waals surface area contributed by atoms with Gasteiger partial charge in [0.25, 0.3) is 0 Å². The fourth-order valence-electron chi connectivity index (χ4n) is 7.11. The topological polar surface area (TPSA) is 3.24 Å². The molecule has 4 aromatic carbocycles. The first-order chi connectivity index (χ1) is 18.1. The average molecular weight is 607 g/mol. The van der Waals surface area contributed by atoms with Crippen LogP contribution >= 0.6 is 0 Å². The summed E-state index contributed by atoms with van der Waals surface area (Å²) in [6.45, 7) is 5.27. The van der Waals surface area contributed by atoms with E-state index in [-0.39, 0.29) is 5.41 Å². The van der Waals surface area contributed by atoms with Crippen LogP contribution in [0.2, 0.25) is 0 Å². The van der Waals surface area contributed by atoms with Gasteiger partial charge < -0.3 is 0 Å². The van der Waals surface area contributed by atoms with Crippen LogP contribution in [-0.4, -0.2) is 36.6 Å². The van der Waals surface area contributed by atoms with Gasteiger partial charge in [0.05, 0.1) is 0 Å². The third-order valence-corrected chi connectivity index (χ3v) is 13.7. The van der Waals surface area contributed by atoms with Crippen molar-refractivity contribution in [3.05, 3.63) is 102 Å². The van der Waals surface area contributed by atoms with Crippen LogP contribution in [0.1, 0.15) is 45.1 Å². The predicted octanol–water partition coefficient (Wildman–Crippen LogP) is 2.40. The van der Waals surface area contributed by atoms with Crippen LogP contribution in [-0.2, 0) is 5.41 Å². The van der Waals surface area contributed by atoms with Crippen molar-refractivity contribution in [3.63, 3.8) is 0 Å². The number of rotatable bonds is 1. The molecule has 0 fully saturated rings. The van der Waals surface area contributed by atoms with Crippen LogP contribution in [0.25, 0.3) is 0 Å². The summed E-state index contributed by atoms with van der Waals surface area (Å²) in [4.78, 5) is 2.63. The number of allylic oxidation sites excluding steroid dienone is 2. The summed E-state index contributed by atoms with van der Waals surface area (Å²) in [5.74, 6) is 0. The zero-order valence-electron chi connectivity index (χ0n) is 21.3. The summed E-state index contributed by atoms with van der Waals surface area (Å²) >= 11 is 0.730. The number of anilines is 2. The van der Waals surface area contributed by atoms with Crippen LogP contribution in [0.15, 0.2) is 96.2 Å². The molecule has 0 spiro atoms. The van der Waals surface area contributed by atoms with Gasteiger partial charge in [-0.15, -0.1) is 0 Å². The number of para-hydroxylation sites is 1. The Balaban J connectivity index is 1.32. The molecule has 4 aromatic rings. The molecule has 0 bridgehead atoms. The number of hydrogen-bond donors (Lipinski definition) is 0. The normalized spacial score (nSPS) is 18.4. The fourth-order valence-corrected chi connectivity index (χ4v) is 12.4. The van der Waals surface area contributed by atoms with Gasteiger partial charge >= 0.3 is 234 Å². The predicted molar refractivity (Wildman–Crippen MR) is 161 cm³/mol. The average Bonchev–Trinajstić information content (AvgIpc) is 2.93. The van der Waals surface area contributed by atoms with E-state index in [0.29, 0.717) is 36.6 Å². The van der Waals surface area contributed by atoms with Crippen molar-refractivity contribution in [3.8, 4) is 0 Å². The molecule has 0 atom stereocenters. The van der Waals surface area contributed by atoms with E-state index >= 15 is 0 Å². The molecule has 3 aliphatic heterocycles. The molecule has 1 aliphatic carbocycles. The van der Waals surface area contributed by atoms with Crippen LogP contribution < -0.4 is 39.1 Å². The quantitative estimate of drug-likeness (QED) is 0.260. The third-order valence-electron chi connectivity index (χ3n) is 8.83. The Morgan fingerprint density at radius 1 is 0.703 bits per heavy atom. The van der Waals surface area contributed by atoms with Crippen molar-refractivity contribution in [2.75, 3.05) is 4.90 Å². The molecule has 0 radical (unpaired) electrons. The van der Waals surface area contributed by atoms with Crippen LogP contribution in [0, 0.1) is 0 Å². The van der Waals surface area contributed by atoms with Crippen molar-refractivity contribution < 1.29 is 0 Å². The summed E-state index contributed by atoms with van der Waals surface area (Å²) in [7, 11) is 0. The Bertz CT molecular complexity index is 1640. The van der Waals surface area contributed by atoms with E-state index < -0.39 is 0 Å². The van der Waals surface area contributed by atoms with Gasteiger partial charge in [-0.05, 0) is 0 Å². The summed E-state index contributed by atoms with van der Waals surface area (Å²) in [6, 6.07) is 32.9. The summed E-state index contributed by atoms with van der Waals surface area (Å²) in [6.07, 6.45) is 5.00. The van der Waals surface area contributed by atoms with Crippen molar-refractivity contribution in [1.29, 1.82) is 0 Å². The van der Waals surface area contributed by atoms with E-state index in [1.165, 1.54) is 53.5 Å². The fraction of sp³-hybridized carbons (Fsp3) is 0.212. The van der Waals surface area contributed by atoms with Gasteiger partial charge in [-0.3, -0.25) is 0 Å². The Morgan fingerprint density at radius 2 is 1.41 bits per heavy atom. The van der Waals surface area contributed by atoms with Crippen molar-refractivity contribution in [2.45, 2.75) is 44.9 Å². The van der Waals surface area contributed by atoms with Crippen LogP contribution in [0.3, 0.4) is 0 Å². The molecule has 37 heavy (non-hydrogen) atoms. The molecule has 0 saturated carbocycles. The summed E-state index contributed by atoms with van der Waals surface area (Å²) in [5.41, 5.74) is 12.2. The zero-order chi connectivity index (χ0) is 24.7. The molecular weight excluding hydrogens is 579 g/mol. The number of nitrogens with zero attached hydrogens (tertiary/aromatic N) is 1. The van der Waals surface area contributed by atoms with E-state index in [1.54, 1.807) is 34.6 Å². The van der Waals surface area contributed by atoms with E-state index in [1.807, 2.05) is 0 Å². The third kappa shape index (κ3) is 3.23. The Kier molecular flexibility index (Phi) is 5.02. The zero-order valence-corrected chi connectivity index (χ0v) is 24.7. The van der Waals surface area contributed by atoms with Gasteiger partial charge in [-0.2, -0.15) is 0 Å². The molecule has 8 rings (SSSR count). The molecule has 180 valence electrons. The number of hydrogen-bond acceptors (Lipinski definition) is 1. The minimum atomic E-state index is 0.101. The first kappa shape index (κ1) is 22.5. The molecule has 0 saturated heterocycles. The second kappa shape index (κ2) is 8.26. The van der Waals surface area contributed by atoms with E-state index in [4.69, 9.17) is 0 Å². The van der Waals surface area contributed by atoms with Crippen LogP contribution in [0.4, 0.5) is 11.4 Å². The minimum absolute atomic E-state index is 0.101. The van der Waals surface area contributed by atoms with Gasteiger partial charge in [-0.25, -0.2) is 0 Å². The van der Waals surface area contributed by atoms with Crippen molar-refractivity contribution >= 4 is 82.2 Å². The number of benzene rings is 4. The molecule has 0 unspecified atom stereocenters. The summed E-state index contributed by atoms with van der Waals surface area (Å²) < 4.78 is 6.30. The molecular formula is C33H28BNSe2. The van der Waals surface area contributed by atoms with Crippen molar-refractivity contribution in [2.24, 2.45) is 0 Å². The Labute approximate surface area is 232 Å². The Hall–Kier alpha value is -2.48. The molecule has 0 amide bonds.